The van der Waals surface area contributed by atoms with Crippen LogP contribution >= 0.6 is 0 Å². The van der Waals surface area contributed by atoms with Gasteiger partial charge in [0.25, 0.3) is 0 Å². The molecule has 0 aromatic carbocycles. The summed E-state index contributed by atoms with van der Waals surface area (Å²) in [7, 11) is 0. The second-order valence-electron chi connectivity index (χ2n) is 5.15. The number of hydrogen-bond acceptors (Lipinski definition) is 3. The molecular formula is C11H21NO3. The molecule has 0 radical (unpaired) electrons. The topological polar surface area (TPSA) is 49.8 Å². The Morgan fingerprint density at radius 2 is 2.07 bits per heavy atom. The number of ether oxygens (including phenoxy) is 1. The lowest BCUT2D eigenvalue weighted by Gasteiger charge is -2.30. The van der Waals surface area contributed by atoms with Crippen LogP contribution in [-0.2, 0) is 4.74 Å². The highest BCUT2D eigenvalue weighted by Crippen LogP contribution is 2.30. The van der Waals surface area contributed by atoms with E-state index in [1.54, 1.807) is 4.90 Å². The summed E-state index contributed by atoms with van der Waals surface area (Å²) in [5.41, 5.74) is -0.473. The number of aliphatic hydroxyl groups excluding tert-OH is 1. The zero-order valence-corrected chi connectivity index (χ0v) is 9.99. The summed E-state index contributed by atoms with van der Waals surface area (Å²) in [6.45, 7) is 7.36. The lowest BCUT2D eigenvalue weighted by atomic mass is 10.2. The molecule has 88 valence electrons. The van der Waals surface area contributed by atoms with Gasteiger partial charge in [-0.25, -0.2) is 4.79 Å². The van der Waals surface area contributed by atoms with Crippen molar-refractivity contribution < 1.29 is 14.6 Å². The van der Waals surface area contributed by atoms with Crippen molar-refractivity contribution >= 4 is 6.09 Å². The lowest BCUT2D eigenvalue weighted by molar-refractivity contribution is 0.00940. The van der Waals surface area contributed by atoms with Gasteiger partial charge in [-0.1, -0.05) is 0 Å². The van der Waals surface area contributed by atoms with E-state index in [4.69, 9.17) is 9.84 Å². The van der Waals surface area contributed by atoms with E-state index >= 15 is 0 Å². The number of rotatable bonds is 3. The first kappa shape index (κ1) is 12.3. The normalized spacial score (nSPS) is 18.5. The van der Waals surface area contributed by atoms with E-state index in [9.17, 15) is 4.79 Å². The molecule has 0 aliphatic heterocycles. The van der Waals surface area contributed by atoms with Crippen molar-refractivity contribution in [1.82, 2.24) is 4.90 Å². The van der Waals surface area contributed by atoms with Crippen molar-refractivity contribution in [2.24, 2.45) is 0 Å². The SMILES string of the molecule is CC(CO)N(C(=O)OC(C)(C)C)C1CC1. The molecule has 0 saturated heterocycles. The average Bonchev–Trinajstić information content (AvgIpc) is 2.85. The Kier molecular flexibility index (Phi) is 3.60. The van der Waals surface area contributed by atoms with Crippen molar-refractivity contribution in [3.63, 3.8) is 0 Å². The van der Waals surface area contributed by atoms with E-state index in [1.165, 1.54) is 0 Å². The van der Waals surface area contributed by atoms with Crippen LogP contribution in [0.3, 0.4) is 0 Å². The van der Waals surface area contributed by atoms with E-state index in [-0.39, 0.29) is 24.8 Å². The van der Waals surface area contributed by atoms with Crippen molar-refractivity contribution in [3.8, 4) is 0 Å². The standard InChI is InChI=1S/C11H21NO3/c1-8(7-13)12(9-5-6-9)10(14)15-11(2,3)4/h8-9,13H,5-7H2,1-4H3. The van der Waals surface area contributed by atoms with E-state index in [0.717, 1.165) is 12.8 Å². The fraction of sp³-hybridized carbons (Fsp3) is 0.909. The number of carbonyl (C=O) groups excluding carboxylic acids is 1. The van der Waals surface area contributed by atoms with Crippen molar-refractivity contribution in [2.75, 3.05) is 6.61 Å². The first-order chi connectivity index (χ1) is 6.85. The molecule has 0 bridgehead atoms. The van der Waals surface area contributed by atoms with E-state index < -0.39 is 5.60 Å². The summed E-state index contributed by atoms with van der Waals surface area (Å²) in [5.74, 6) is 0. The van der Waals surface area contributed by atoms with Crippen LogP contribution in [0.1, 0.15) is 40.5 Å². The summed E-state index contributed by atoms with van der Waals surface area (Å²) in [4.78, 5) is 13.5. The summed E-state index contributed by atoms with van der Waals surface area (Å²) < 4.78 is 5.30. The van der Waals surface area contributed by atoms with Crippen LogP contribution in [0.2, 0.25) is 0 Å². The van der Waals surface area contributed by atoms with Crippen LogP contribution in [0, 0.1) is 0 Å². The van der Waals surface area contributed by atoms with Gasteiger partial charge in [-0.2, -0.15) is 0 Å². The Hall–Kier alpha value is -0.770. The molecule has 1 N–H and O–H groups in total. The molecule has 1 fully saturated rings. The maximum Gasteiger partial charge on any atom is 0.410 e. The maximum absolute atomic E-state index is 11.8. The zero-order chi connectivity index (χ0) is 11.6. The fourth-order valence-electron chi connectivity index (χ4n) is 1.44. The van der Waals surface area contributed by atoms with Gasteiger partial charge >= 0.3 is 6.09 Å². The van der Waals surface area contributed by atoms with Gasteiger partial charge in [-0.05, 0) is 40.5 Å². The van der Waals surface area contributed by atoms with Gasteiger partial charge in [0.15, 0.2) is 0 Å². The van der Waals surface area contributed by atoms with E-state index in [2.05, 4.69) is 0 Å². The minimum Gasteiger partial charge on any atom is -0.444 e. The Morgan fingerprint density at radius 1 is 1.53 bits per heavy atom. The number of amides is 1. The molecule has 0 spiro atoms. The molecule has 0 heterocycles. The predicted molar refractivity (Wildman–Crippen MR) is 57.6 cm³/mol. The predicted octanol–water partition coefficient (Wildman–Crippen LogP) is 1.77. The van der Waals surface area contributed by atoms with Gasteiger partial charge < -0.3 is 14.7 Å². The van der Waals surface area contributed by atoms with Gasteiger partial charge in [0, 0.05) is 6.04 Å². The van der Waals surface area contributed by atoms with Gasteiger partial charge in [0.2, 0.25) is 0 Å². The zero-order valence-electron chi connectivity index (χ0n) is 9.99. The summed E-state index contributed by atoms with van der Waals surface area (Å²) in [6.07, 6.45) is 1.72. The highest BCUT2D eigenvalue weighted by molar-refractivity contribution is 5.69. The minimum absolute atomic E-state index is 0.0181. The van der Waals surface area contributed by atoms with E-state index in [1.807, 2.05) is 27.7 Å². The number of carbonyl (C=O) groups is 1. The summed E-state index contributed by atoms with van der Waals surface area (Å²) in [6, 6.07) is 0.106. The molecular weight excluding hydrogens is 194 g/mol. The molecule has 1 unspecified atom stereocenters. The van der Waals surface area contributed by atoms with Crippen LogP contribution in [0.25, 0.3) is 0 Å². The number of hydrogen-bond donors (Lipinski definition) is 1. The monoisotopic (exact) mass is 215 g/mol. The minimum atomic E-state index is -0.473. The Bertz CT molecular complexity index is 230. The second kappa shape index (κ2) is 4.39. The molecule has 0 aromatic heterocycles. The van der Waals surface area contributed by atoms with Crippen LogP contribution in [0.5, 0.6) is 0 Å². The Morgan fingerprint density at radius 3 is 2.40 bits per heavy atom. The Balaban J connectivity index is 2.59. The fourth-order valence-corrected chi connectivity index (χ4v) is 1.44. The molecule has 1 atom stereocenters. The first-order valence-electron chi connectivity index (χ1n) is 5.47. The quantitative estimate of drug-likeness (QED) is 0.780. The molecule has 1 rings (SSSR count). The third-order valence-electron chi connectivity index (χ3n) is 2.28. The van der Waals surface area contributed by atoms with Gasteiger partial charge in [-0.15, -0.1) is 0 Å². The first-order valence-corrected chi connectivity index (χ1v) is 5.47. The maximum atomic E-state index is 11.8. The van der Waals surface area contributed by atoms with Crippen LogP contribution in [-0.4, -0.2) is 40.4 Å². The van der Waals surface area contributed by atoms with Crippen LogP contribution in [0.15, 0.2) is 0 Å². The smallest absolute Gasteiger partial charge is 0.410 e. The highest BCUT2D eigenvalue weighted by atomic mass is 16.6. The van der Waals surface area contributed by atoms with Crippen molar-refractivity contribution in [3.05, 3.63) is 0 Å². The summed E-state index contributed by atoms with van der Waals surface area (Å²) in [5, 5.41) is 9.08. The lowest BCUT2D eigenvalue weighted by Crippen LogP contribution is -2.45. The summed E-state index contributed by atoms with van der Waals surface area (Å²) >= 11 is 0. The van der Waals surface area contributed by atoms with Gasteiger partial charge in [0.1, 0.15) is 5.60 Å². The second-order valence-corrected chi connectivity index (χ2v) is 5.15. The third-order valence-corrected chi connectivity index (χ3v) is 2.28. The number of nitrogens with zero attached hydrogens (tertiary/aromatic N) is 1. The molecule has 4 nitrogen and oxygen atoms in total. The molecule has 1 saturated carbocycles. The molecule has 1 aliphatic carbocycles. The third kappa shape index (κ3) is 3.70. The molecule has 4 heteroatoms. The average molecular weight is 215 g/mol. The van der Waals surface area contributed by atoms with Crippen LogP contribution < -0.4 is 0 Å². The van der Waals surface area contributed by atoms with Crippen molar-refractivity contribution in [1.29, 1.82) is 0 Å². The van der Waals surface area contributed by atoms with Crippen molar-refractivity contribution in [2.45, 2.75) is 58.2 Å². The molecule has 1 amide bonds. The van der Waals surface area contributed by atoms with Gasteiger partial charge in [-0.3, -0.25) is 0 Å². The molecule has 15 heavy (non-hydrogen) atoms. The molecule has 1 aliphatic rings. The van der Waals surface area contributed by atoms with Gasteiger partial charge in [0.05, 0.1) is 12.6 Å². The molecule has 0 aromatic rings. The number of aliphatic hydroxyl groups is 1. The van der Waals surface area contributed by atoms with E-state index in [0.29, 0.717) is 0 Å². The largest absolute Gasteiger partial charge is 0.444 e. The highest BCUT2D eigenvalue weighted by Gasteiger charge is 2.37. The Labute approximate surface area is 91.2 Å². The van der Waals surface area contributed by atoms with Crippen LogP contribution in [0.4, 0.5) is 4.79 Å².